The Balaban J connectivity index is 1.70. The lowest BCUT2D eigenvalue weighted by Gasteiger charge is -2.37. The normalized spacial score (nSPS) is 25.4. The van der Waals surface area contributed by atoms with Gasteiger partial charge in [0.25, 0.3) is 0 Å². The Morgan fingerprint density at radius 3 is 3.06 bits per heavy atom. The summed E-state index contributed by atoms with van der Waals surface area (Å²) in [6.45, 7) is 9.55. The summed E-state index contributed by atoms with van der Waals surface area (Å²) in [5.74, 6) is 0.785. The fourth-order valence-electron chi connectivity index (χ4n) is 2.79. The first-order valence-corrected chi connectivity index (χ1v) is 8.20. The molecule has 1 saturated heterocycles. The predicted molar refractivity (Wildman–Crippen MR) is 80.3 cm³/mol. The first kappa shape index (κ1) is 14.0. The molecule has 0 bridgehead atoms. The van der Waals surface area contributed by atoms with Crippen LogP contribution in [0, 0.1) is 5.92 Å². The van der Waals surface area contributed by atoms with Crippen molar-refractivity contribution in [1.82, 2.24) is 10.2 Å². The number of hydrogen-bond donors (Lipinski definition) is 1. The minimum Gasteiger partial charge on any atom is -0.314 e. The Morgan fingerprint density at radius 1 is 1.50 bits per heavy atom. The summed E-state index contributed by atoms with van der Waals surface area (Å²) in [4.78, 5) is 2.63. The van der Waals surface area contributed by atoms with Crippen LogP contribution in [-0.2, 0) is 6.42 Å². The van der Waals surface area contributed by atoms with Crippen LogP contribution in [0.1, 0.15) is 32.3 Å². The Hall–Kier alpha value is -0.380. The standard InChI is InChI=1S/C15H26N2S/c1-3-7-16-15-5-9-17(11-13(15)2)8-4-14-6-10-18-12-14/h6,10,12-13,15-16H,3-5,7-9,11H2,1-2H3. The molecule has 0 spiro atoms. The zero-order valence-corrected chi connectivity index (χ0v) is 12.5. The van der Waals surface area contributed by atoms with Gasteiger partial charge in [0.1, 0.15) is 0 Å². The largest absolute Gasteiger partial charge is 0.314 e. The second-order valence-corrected chi connectivity index (χ2v) is 6.29. The number of hydrogen-bond acceptors (Lipinski definition) is 3. The Morgan fingerprint density at radius 2 is 2.39 bits per heavy atom. The molecule has 0 amide bonds. The highest BCUT2D eigenvalue weighted by Gasteiger charge is 2.24. The fraction of sp³-hybridized carbons (Fsp3) is 0.733. The van der Waals surface area contributed by atoms with Crippen molar-refractivity contribution in [2.45, 2.75) is 39.2 Å². The molecule has 3 heteroatoms. The van der Waals surface area contributed by atoms with Gasteiger partial charge in [-0.05, 0) is 60.7 Å². The second kappa shape index (κ2) is 7.27. The highest BCUT2D eigenvalue weighted by molar-refractivity contribution is 7.07. The van der Waals surface area contributed by atoms with Crippen LogP contribution in [-0.4, -0.2) is 37.1 Å². The quantitative estimate of drug-likeness (QED) is 0.851. The van der Waals surface area contributed by atoms with Gasteiger partial charge in [0.15, 0.2) is 0 Å². The Labute approximate surface area is 115 Å². The van der Waals surface area contributed by atoms with Gasteiger partial charge in [0, 0.05) is 19.1 Å². The third kappa shape index (κ3) is 4.08. The molecule has 102 valence electrons. The number of likely N-dealkylation sites (tertiary alicyclic amines) is 1. The van der Waals surface area contributed by atoms with Crippen LogP contribution in [0.2, 0.25) is 0 Å². The third-order valence-corrected chi connectivity index (χ3v) is 4.67. The summed E-state index contributed by atoms with van der Waals surface area (Å²) in [5.41, 5.74) is 1.50. The Kier molecular flexibility index (Phi) is 5.67. The average molecular weight is 266 g/mol. The third-order valence-electron chi connectivity index (χ3n) is 3.94. The maximum atomic E-state index is 3.69. The molecule has 2 unspecified atom stereocenters. The minimum atomic E-state index is 0.738. The van der Waals surface area contributed by atoms with E-state index in [0.29, 0.717) is 0 Å². The molecule has 0 aromatic carbocycles. The lowest BCUT2D eigenvalue weighted by molar-refractivity contribution is 0.149. The monoisotopic (exact) mass is 266 g/mol. The first-order chi connectivity index (χ1) is 8.79. The second-order valence-electron chi connectivity index (χ2n) is 5.51. The van der Waals surface area contributed by atoms with E-state index in [-0.39, 0.29) is 0 Å². The topological polar surface area (TPSA) is 15.3 Å². The minimum absolute atomic E-state index is 0.738. The molecule has 18 heavy (non-hydrogen) atoms. The number of rotatable bonds is 6. The van der Waals surface area contributed by atoms with Gasteiger partial charge in [0.05, 0.1) is 0 Å². The molecular weight excluding hydrogens is 240 g/mol. The summed E-state index contributed by atoms with van der Waals surface area (Å²) >= 11 is 1.81. The van der Waals surface area contributed by atoms with Crippen molar-refractivity contribution in [1.29, 1.82) is 0 Å². The molecule has 0 radical (unpaired) electrons. The zero-order chi connectivity index (χ0) is 12.8. The molecule has 2 nitrogen and oxygen atoms in total. The van der Waals surface area contributed by atoms with Crippen LogP contribution >= 0.6 is 11.3 Å². The zero-order valence-electron chi connectivity index (χ0n) is 11.7. The van der Waals surface area contributed by atoms with Crippen molar-refractivity contribution in [3.8, 4) is 0 Å². The van der Waals surface area contributed by atoms with Crippen molar-refractivity contribution >= 4 is 11.3 Å². The molecule has 0 saturated carbocycles. The molecule has 1 aliphatic rings. The number of nitrogens with zero attached hydrogens (tertiary/aromatic N) is 1. The van der Waals surface area contributed by atoms with Gasteiger partial charge in [-0.15, -0.1) is 0 Å². The van der Waals surface area contributed by atoms with Crippen molar-refractivity contribution in [3.63, 3.8) is 0 Å². The smallest absolute Gasteiger partial charge is 0.0117 e. The predicted octanol–water partition coefficient (Wildman–Crippen LogP) is 3.00. The summed E-state index contributed by atoms with van der Waals surface area (Å²) in [5, 5.41) is 8.14. The lowest BCUT2D eigenvalue weighted by atomic mass is 9.93. The van der Waals surface area contributed by atoms with Crippen LogP contribution in [0.15, 0.2) is 16.8 Å². The van der Waals surface area contributed by atoms with Gasteiger partial charge >= 0.3 is 0 Å². The molecule has 2 heterocycles. The van der Waals surface area contributed by atoms with Gasteiger partial charge in [-0.25, -0.2) is 0 Å². The molecule has 0 aliphatic carbocycles. The van der Waals surface area contributed by atoms with Gasteiger partial charge in [0.2, 0.25) is 0 Å². The van der Waals surface area contributed by atoms with Gasteiger partial charge in [-0.2, -0.15) is 11.3 Å². The average Bonchev–Trinajstić information content (AvgIpc) is 2.88. The van der Waals surface area contributed by atoms with E-state index in [1.807, 2.05) is 11.3 Å². The van der Waals surface area contributed by atoms with Crippen LogP contribution < -0.4 is 5.32 Å². The highest BCUT2D eigenvalue weighted by atomic mass is 32.1. The van der Waals surface area contributed by atoms with Gasteiger partial charge in [-0.1, -0.05) is 13.8 Å². The number of nitrogens with one attached hydrogen (secondary N) is 1. The number of thiophene rings is 1. The van der Waals surface area contributed by atoms with Crippen LogP contribution in [0.5, 0.6) is 0 Å². The number of piperidine rings is 1. The van der Waals surface area contributed by atoms with Crippen molar-refractivity contribution in [2.24, 2.45) is 5.92 Å². The molecule has 2 rings (SSSR count). The van der Waals surface area contributed by atoms with Crippen LogP contribution in [0.4, 0.5) is 0 Å². The van der Waals surface area contributed by atoms with E-state index in [1.54, 1.807) is 0 Å². The summed E-state index contributed by atoms with van der Waals surface area (Å²) in [6.07, 6.45) is 3.76. The fourth-order valence-corrected chi connectivity index (χ4v) is 3.49. The summed E-state index contributed by atoms with van der Waals surface area (Å²) < 4.78 is 0. The van der Waals surface area contributed by atoms with Gasteiger partial charge < -0.3 is 10.2 Å². The van der Waals surface area contributed by atoms with Crippen LogP contribution in [0.3, 0.4) is 0 Å². The van der Waals surface area contributed by atoms with Crippen molar-refractivity contribution in [3.05, 3.63) is 22.4 Å². The van der Waals surface area contributed by atoms with E-state index < -0.39 is 0 Å². The molecule has 1 N–H and O–H groups in total. The van der Waals surface area contributed by atoms with E-state index in [9.17, 15) is 0 Å². The van der Waals surface area contributed by atoms with E-state index >= 15 is 0 Å². The summed E-state index contributed by atoms with van der Waals surface area (Å²) in [6, 6.07) is 2.99. The SMILES string of the molecule is CCCNC1CCN(CCc2ccsc2)CC1C. The van der Waals surface area contributed by atoms with Crippen LogP contribution in [0.25, 0.3) is 0 Å². The molecule has 1 aromatic heterocycles. The van der Waals surface area contributed by atoms with E-state index in [2.05, 4.69) is 40.9 Å². The first-order valence-electron chi connectivity index (χ1n) is 7.26. The van der Waals surface area contributed by atoms with E-state index in [4.69, 9.17) is 0 Å². The van der Waals surface area contributed by atoms with Crippen molar-refractivity contribution in [2.75, 3.05) is 26.2 Å². The molecule has 2 atom stereocenters. The van der Waals surface area contributed by atoms with Gasteiger partial charge in [-0.3, -0.25) is 0 Å². The van der Waals surface area contributed by atoms with E-state index in [1.165, 1.54) is 51.0 Å². The molecule has 1 fully saturated rings. The van der Waals surface area contributed by atoms with Crippen molar-refractivity contribution < 1.29 is 0 Å². The Bertz CT molecular complexity index is 323. The lowest BCUT2D eigenvalue weighted by Crippen LogP contribution is -2.48. The highest BCUT2D eigenvalue weighted by Crippen LogP contribution is 2.17. The summed E-state index contributed by atoms with van der Waals surface area (Å²) in [7, 11) is 0. The molecular formula is C15H26N2S. The maximum absolute atomic E-state index is 3.69. The molecule has 1 aliphatic heterocycles. The molecule has 1 aromatic rings. The maximum Gasteiger partial charge on any atom is 0.0117 e. The van der Waals surface area contributed by atoms with E-state index in [0.717, 1.165) is 12.0 Å².